The van der Waals surface area contributed by atoms with Gasteiger partial charge in [-0.15, -0.1) is 0 Å². The van der Waals surface area contributed by atoms with Gasteiger partial charge in [0.2, 0.25) is 17.8 Å². The second-order valence-electron chi connectivity index (χ2n) is 8.01. The van der Waals surface area contributed by atoms with Crippen LogP contribution in [0.15, 0.2) is 28.2 Å². The van der Waals surface area contributed by atoms with E-state index in [4.69, 9.17) is 16.5 Å². The maximum absolute atomic E-state index is 12.6. The molecule has 7 nitrogen and oxygen atoms in total. The number of nitrogens with two attached hydrogens (primary N) is 2. The van der Waals surface area contributed by atoms with Gasteiger partial charge in [0.15, 0.2) is 0 Å². The van der Waals surface area contributed by atoms with Gasteiger partial charge in [0.1, 0.15) is 5.66 Å². The summed E-state index contributed by atoms with van der Waals surface area (Å²) in [4.78, 5) is 25.3. The smallest absolute Gasteiger partial charge is 0.236 e. The molecule has 1 fully saturated rings. The minimum atomic E-state index is -0.566. The molecule has 7 heteroatoms. The van der Waals surface area contributed by atoms with Crippen LogP contribution in [0, 0.1) is 0 Å². The Labute approximate surface area is 153 Å². The molecule has 1 aliphatic carbocycles. The van der Waals surface area contributed by atoms with Gasteiger partial charge in [0.05, 0.1) is 5.41 Å². The average Bonchev–Trinajstić information content (AvgIpc) is 2.76. The molecule has 1 spiro atoms. The molecule has 2 aliphatic heterocycles. The van der Waals surface area contributed by atoms with Crippen LogP contribution in [0.25, 0.3) is 0 Å². The van der Waals surface area contributed by atoms with Crippen molar-refractivity contribution in [3.05, 3.63) is 23.8 Å². The number of hydrogen-bond donors (Lipinski definition) is 2. The van der Waals surface area contributed by atoms with Crippen LogP contribution in [0.5, 0.6) is 0 Å². The fourth-order valence-electron chi connectivity index (χ4n) is 4.59. The number of likely N-dealkylation sites (N-methyl/N-ethyl adjacent to an activating group) is 1. The van der Waals surface area contributed by atoms with Crippen LogP contribution >= 0.6 is 0 Å². The highest BCUT2D eigenvalue weighted by molar-refractivity contribution is 6.09. The van der Waals surface area contributed by atoms with Gasteiger partial charge in [-0.2, -0.15) is 4.99 Å². The first kappa shape index (κ1) is 16.9. The standard InChI is InChI=1S/C19H26N6O/c1-18(2)13-11-12(7-8-14(13)24(3)15(18)26)25-17(21)22-16(20)23-19(25)9-5-4-6-10-19/h7-8,11H,4-6,9-10H2,1-3H3,(H4,20,21,22,23). The van der Waals surface area contributed by atoms with Crippen molar-refractivity contribution in [2.75, 3.05) is 16.8 Å². The normalized spacial score (nSPS) is 23.7. The fraction of sp³-hybridized carbons (Fsp3) is 0.526. The third kappa shape index (κ3) is 2.22. The molecule has 1 saturated carbocycles. The lowest BCUT2D eigenvalue weighted by Gasteiger charge is -2.45. The zero-order valence-electron chi connectivity index (χ0n) is 15.6. The fourth-order valence-corrected chi connectivity index (χ4v) is 4.59. The number of guanidine groups is 2. The maximum atomic E-state index is 12.6. The molecule has 4 N–H and O–H groups in total. The Kier molecular flexibility index (Phi) is 3.54. The van der Waals surface area contributed by atoms with Gasteiger partial charge < -0.3 is 16.4 Å². The van der Waals surface area contributed by atoms with Crippen molar-refractivity contribution in [2.24, 2.45) is 21.5 Å². The average molecular weight is 354 g/mol. The molecule has 0 aromatic heterocycles. The first-order valence-corrected chi connectivity index (χ1v) is 9.19. The SMILES string of the molecule is CN1C(=O)C(C)(C)c2cc(N3C(N)=NC(N)=NC34CCCCC4)ccc21. The van der Waals surface area contributed by atoms with Gasteiger partial charge >= 0.3 is 0 Å². The summed E-state index contributed by atoms with van der Waals surface area (Å²) >= 11 is 0. The number of carbonyl (C=O) groups excluding carboxylic acids is 1. The monoisotopic (exact) mass is 354 g/mol. The molecule has 3 aliphatic rings. The highest BCUT2D eigenvalue weighted by Gasteiger charge is 2.45. The topological polar surface area (TPSA) is 100 Å². The Hall–Kier alpha value is -2.57. The van der Waals surface area contributed by atoms with Gasteiger partial charge in [-0.1, -0.05) is 6.42 Å². The van der Waals surface area contributed by atoms with E-state index in [0.29, 0.717) is 5.96 Å². The number of fused-ring (bicyclic) bond motifs is 1. The predicted octanol–water partition coefficient (Wildman–Crippen LogP) is 2.05. The van der Waals surface area contributed by atoms with Crippen molar-refractivity contribution in [2.45, 2.75) is 57.0 Å². The van der Waals surface area contributed by atoms with Crippen LogP contribution in [0.1, 0.15) is 51.5 Å². The Bertz CT molecular complexity index is 834. The molecule has 1 aromatic rings. The summed E-state index contributed by atoms with van der Waals surface area (Å²) in [6.07, 6.45) is 5.14. The highest BCUT2D eigenvalue weighted by atomic mass is 16.2. The molecule has 0 bridgehead atoms. The van der Waals surface area contributed by atoms with Gasteiger partial charge in [-0.25, -0.2) is 4.99 Å². The van der Waals surface area contributed by atoms with Crippen LogP contribution < -0.4 is 21.3 Å². The number of hydrogen-bond acceptors (Lipinski definition) is 6. The van der Waals surface area contributed by atoms with Crippen molar-refractivity contribution >= 4 is 29.2 Å². The van der Waals surface area contributed by atoms with Crippen LogP contribution in [0.3, 0.4) is 0 Å². The lowest BCUT2D eigenvalue weighted by atomic mass is 9.84. The zero-order chi connectivity index (χ0) is 18.7. The minimum absolute atomic E-state index is 0.0968. The molecule has 138 valence electrons. The first-order chi connectivity index (χ1) is 12.3. The number of amides is 1. The molecule has 1 amide bonds. The number of benzene rings is 1. The Morgan fingerprint density at radius 2 is 1.81 bits per heavy atom. The number of anilines is 2. The number of aliphatic imine (C=N–C) groups is 2. The van der Waals surface area contributed by atoms with Gasteiger partial charge in [0.25, 0.3) is 0 Å². The third-order valence-electron chi connectivity index (χ3n) is 5.96. The second-order valence-corrected chi connectivity index (χ2v) is 8.01. The number of carbonyl (C=O) groups is 1. The molecule has 0 radical (unpaired) electrons. The Morgan fingerprint density at radius 1 is 1.12 bits per heavy atom. The molecular weight excluding hydrogens is 328 g/mol. The van der Waals surface area contributed by atoms with Crippen molar-refractivity contribution in [3.8, 4) is 0 Å². The lowest BCUT2D eigenvalue weighted by molar-refractivity contribution is -0.121. The summed E-state index contributed by atoms with van der Waals surface area (Å²) in [5, 5.41) is 0. The van der Waals surface area contributed by atoms with Crippen molar-refractivity contribution < 1.29 is 4.79 Å². The van der Waals surface area contributed by atoms with Crippen LogP contribution in [0.4, 0.5) is 11.4 Å². The summed E-state index contributed by atoms with van der Waals surface area (Å²) < 4.78 is 0. The third-order valence-corrected chi connectivity index (χ3v) is 5.96. The molecule has 0 atom stereocenters. The minimum Gasteiger partial charge on any atom is -0.369 e. The summed E-state index contributed by atoms with van der Waals surface area (Å²) in [5.41, 5.74) is 14.1. The zero-order valence-corrected chi connectivity index (χ0v) is 15.6. The van der Waals surface area contributed by atoms with Crippen molar-refractivity contribution in [1.29, 1.82) is 0 Å². The number of rotatable bonds is 1. The van der Waals surface area contributed by atoms with Gasteiger partial charge in [-0.05, 0) is 63.3 Å². The number of nitrogens with zero attached hydrogens (tertiary/aromatic N) is 4. The van der Waals surface area contributed by atoms with Crippen LogP contribution in [0.2, 0.25) is 0 Å². The van der Waals surface area contributed by atoms with Gasteiger partial charge in [0, 0.05) is 18.4 Å². The molecule has 0 unspecified atom stereocenters. The summed E-state index contributed by atoms with van der Waals surface area (Å²) in [6.45, 7) is 3.92. The summed E-state index contributed by atoms with van der Waals surface area (Å²) in [7, 11) is 1.82. The molecule has 2 heterocycles. The molecule has 1 aromatic carbocycles. The molecule has 0 saturated heterocycles. The quantitative estimate of drug-likeness (QED) is 0.806. The van der Waals surface area contributed by atoms with Crippen LogP contribution in [-0.4, -0.2) is 30.5 Å². The summed E-state index contributed by atoms with van der Waals surface area (Å²) in [5.74, 6) is 0.714. The van der Waals surface area contributed by atoms with Crippen LogP contribution in [-0.2, 0) is 10.2 Å². The lowest BCUT2D eigenvalue weighted by Crippen LogP contribution is -2.58. The maximum Gasteiger partial charge on any atom is 0.236 e. The largest absolute Gasteiger partial charge is 0.369 e. The second kappa shape index (κ2) is 5.46. The van der Waals surface area contributed by atoms with E-state index in [0.717, 1.165) is 42.6 Å². The van der Waals surface area contributed by atoms with E-state index in [1.807, 2.05) is 37.9 Å². The van der Waals surface area contributed by atoms with E-state index in [1.165, 1.54) is 6.42 Å². The van der Waals surface area contributed by atoms with Crippen molar-refractivity contribution in [1.82, 2.24) is 0 Å². The molecule has 26 heavy (non-hydrogen) atoms. The first-order valence-electron chi connectivity index (χ1n) is 9.19. The highest BCUT2D eigenvalue weighted by Crippen LogP contribution is 2.45. The van der Waals surface area contributed by atoms with E-state index in [-0.39, 0.29) is 11.9 Å². The Balaban J connectivity index is 1.84. The van der Waals surface area contributed by atoms with Crippen molar-refractivity contribution in [3.63, 3.8) is 0 Å². The van der Waals surface area contributed by atoms with E-state index in [9.17, 15) is 4.79 Å². The van der Waals surface area contributed by atoms with E-state index < -0.39 is 11.1 Å². The van der Waals surface area contributed by atoms with E-state index in [1.54, 1.807) is 4.90 Å². The Morgan fingerprint density at radius 3 is 2.50 bits per heavy atom. The van der Waals surface area contributed by atoms with E-state index >= 15 is 0 Å². The predicted molar refractivity (Wildman–Crippen MR) is 104 cm³/mol. The van der Waals surface area contributed by atoms with Gasteiger partial charge in [-0.3, -0.25) is 9.69 Å². The molecule has 4 rings (SSSR count). The molecular formula is C19H26N6O. The summed E-state index contributed by atoms with van der Waals surface area (Å²) in [6, 6.07) is 6.05. The van der Waals surface area contributed by atoms with E-state index in [2.05, 4.69) is 11.1 Å².